The molecule has 0 rings (SSSR count). The Balaban J connectivity index is 3.84. The number of ether oxygens (including phenoxy) is 2. The van der Waals surface area contributed by atoms with Gasteiger partial charge < -0.3 is 20.1 Å². The first-order valence-electron chi connectivity index (χ1n) is 28.0. The summed E-state index contributed by atoms with van der Waals surface area (Å²) < 4.78 is 32.9. The third-order valence-electron chi connectivity index (χ3n) is 12.3. The summed E-state index contributed by atoms with van der Waals surface area (Å²) in [4.78, 5) is 35.0. The molecule has 0 saturated carbocycles. The average Bonchev–Trinajstić information content (AvgIpc) is 3.31. The number of esters is 2. The fourth-order valence-corrected chi connectivity index (χ4v) is 8.88. The zero-order valence-corrected chi connectivity index (χ0v) is 44.1. The molecule has 0 aliphatic rings. The van der Waals surface area contributed by atoms with Gasteiger partial charge in [0.2, 0.25) is 0 Å². The Hall–Kier alpha value is -1.77. The van der Waals surface area contributed by atoms with E-state index < -0.39 is 26.5 Å². The van der Waals surface area contributed by atoms with E-state index in [0.717, 1.165) is 44.9 Å². The van der Waals surface area contributed by atoms with Gasteiger partial charge in [0.05, 0.1) is 13.2 Å². The number of allylic oxidation sites excluding steroid dienone is 6. The van der Waals surface area contributed by atoms with Crippen molar-refractivity contribution in [1.29, 1.82) is 0 Å². The van der Waals surface area contributed by atoms with Crippen LogP contribution in [0.3, 0.4) is 0 Å². The van der Waals surface area contributed by atoms with Crippen LogP contribution in [0.1, 0.15) is 277 Å². The van der Waals surface area contributed by atoms with Crippen LogP contribution in [-0.4, -0.2) is 49.3 Å². The van der Waals surface area contributed by atoms with Crippen LogP contribution in [0, 0.1) is 0 Å². The highest BCUT2D eigenvalue weighted by Gasteiger charge is 2.26. The van der Waals surface area contributed by atoms with E-state index in [1.807, 2.05) is 0 Å². The molecule has 10 heteroatoms. The molecule has 0 saturated heterocycles. The van der Waals surface area contributed by atoms with Gasteiger partial charge in [-0.05, 0) is 51.4 Å². The van der Waals surface area contributed by atoms with Crippen LogP contribution in [0.25, 0.3) is 0 Å². The third kappa shape index (κ3) is 51.6. The highest BCUT2D eigenvalue weighted by Crippen LogP contribution is 2.43. The topological polar surface area (TPSA) is 134 Å². The molecule has 2 atom stereocenters. The van der Waals surface area contributed by atoms with Crippen LogP contribution < -0.4 is 5.73 Å². The highest BCUT2D eigenvalue weighted by molar-refractivity contribution is 7.47. The van der Waals surface area contributed by atoms with Gasteiger partial charge in [-0.3, -0.25) is 18.6 Å². The molecule has 2 unspecified atom stereocenters. The molecule has 0 amide bonds. The van der Waals surface area contributed by atoms with Gasteiger partial charge in [0.25, 0.3) is 0 Å². The van der Waals surface area contributed by atoms with Crippen LogP contribution in [0.5, 0.6) is 0 Å². The van der Waals surface area contributed by atoms with Gasteiger partial charge in [-0.2, -0.15) is 0 Å². The van der Waals surface area contributed by atoms with E-state index in [4.69, 9.17) is 24.3 Å². The van der Waals surface area contributed by atoms with Crippen molar-refractivity contribution in [3.8, 4) is 0 Å². The van der Waals surface area contributed by atoms with Crippen molar-refractivity contribution < 1.29 is 37.6 Å². The molecular weight excluding hydrogens is 846 g/mol. The molecule has 66 heavy (non-hydrogen) atoms. The minimum atomic E-state index is -4.38. The lowest BCUT2D eigenvalue weighted by Crippen LogP contribution is -2.29. The van der Waals surface area contributed by atoms with Gasteiger partial charge in [0.15, 0.2) is 6.10 Å². The summed E-state index contributed by atoms with van der Waals surface area (Å²) in [5.41, 5.74) is 5.37. The number of hydrogen-bond donors (Lipinski definition) is 2. The lowest BCUT2D eigenvalue weighted by atomic mass is 10.0. The van der Waals surface area contributed by atoms with Gasteiger partial charge in [-0.25, -0.2) is 4.57 Å². The largest absolute Gasteiger partial charge is 0.472 e. The Morgan fingerprint density at radius 1 is 0.455 bits per heavy atom. The maximum atomic E-state index is 12.7. The fourth-order valence-electron chi connectivity index (χ4n) is 8.12. The second-order valence-corrected chi connectivity index (χ2v) is 20.3. The number of nitrogens with two attached hydrogens (primary N) is 1. The van der Waals surface area contributed by atoms with Crippen LogP contribution in [0.2, 0.25) is 0 Å². The van der Waals surface area contributed by atoms with Crippen molar-refractivity contribution in [2.24, 2.45) is 5.73 Å². The van der Waals surface area contributed by atoms with E-state index in [0.29, 0.717) is 6.42 Å². The van der Waals surface area contributed by atoms with Crippen LogP contribution >= 0.6 is 7.82 Å². The Morgan fingerprint density at radius 2 is 0.788 bits per heavy atom. The molecule has 0 aromatic heterocycles. The molecule has 0 bridgehead atoms. The molecule has 388 valence electrons. The SMILES string of the molecule is CCCCCCC/C=C\C/C=C\C/C=C\CCCCCCCCCCCCCCCCCCCCC(=O)OC(COC(=O)CCCCCCCCCCCCCC)COP(=O)(O)OCCN. The number of phosphoric acid groups is 1. The summed E-state index contributed by atoms with van der Waals surface area (Å²) in [5.74, 6) is -0.815. The molecule has 0 aromatic carbocycles. The van der Waals surface area contributed by atoms with Crippen molar-refractivity contribution in [2.75, 3.05) is 26.4 Å². The normalized spacial score (nSPS) is 13.3. The zero-order valence-electron chi connectivity index (χ0n) is 43.2. The van der Waals surface area contributed by atoms with E-state index >= 15 is 0 Å². The summed E-state index contributed by atoms with van der Waals surface area (Å²) in [6.07, 6.45) is 62.1. The van der Waals surface area contributed by atoms with Crippen molar-refractivity contribution in [3.63, 3.8) is 0 Å². The van der Waals surface area contributed by atoms with Gasteiger partial charge in [0, 0.05) is 19.4 Å². The number of hydrogen-bond acceptors (Lipinski definition) is 8. The van der Waals surface area contributed by atoms with Gasteiger partial charge in [-0.15, -0.1) is 0 Å². The van der Waals surface area contributed by atoms with E-state index in [9.17, 15) is 19.0 Å². The summed E-state index contributed by atoms with van der Waals surface area (Å²) in [6, 6.07) is 0. The Labute approximate surface area is 407 Å². The minimum Gasteiger partial charge on any atom is -0.462 e. The lowest BCUT2D eigenvalue weighted by molar-refractivity contribution is -0.161. The number of unbranched alkanes of at least 4 members (excludes halogenated alkanes) is 34. The number of carbonyl (C=O) groups is 2. The van der Waals surface area contributed by atoms with Crippen molar-refractivity contribution in [2.45, 2.75) is 283 Å². The standard InChI is InChI=1S/C56H106NO8P/c1-3-5-7-9-11-13-15-17-18-19-20-21-22-23-24-25-26-27-28-29-30-31-32-33-34-35-36-37-39-41-43-45-47-49-56(59)65-54(53-64-66(60,61)63-51-50-57)52-62-55(58)48-46-44-42-40-38-16-14-12-10-8-6-4-2/h15,17,19-20,22-23,54H,3-14,16,18,21,24-53,57H2,1-2H3,(H,60,61)/b17-15-,20-19-,23-22-. The molecule has 0 aromatic rings. The molecular formula is C56H106NO8P. The summed E-state index contributed by atoms with van der Waals surface area (Å²) in [7, 11) is -4.38. The maximum Gasteiger partial charge on any atom is 0.472 e. The lowest BCUT2D eigenvalue weighted by Gasteiger charge is -2.19. The molecule has 3 N–H and O–H groups in total. The second kappa shape index (κ2) is 52.6. The predicted molar refractivity (Wildman–Crippen MR) is 280 cm³/mol. The predicted octanol–water partition coefficient (Wildman–Crippen LogP) is 17.2. The van der Waals surface area contributed by atoms with E-state index in [2.05, 4.69) is 50.3 Å². The van der Waals surface area contributed by atoms with Gasteiger partial charge in [0.1, 0.15) is 6.61 Å². The number of rotatable bonds is 53. The Bertz CT molecular complexity index is 1180. The summed E-state index contributed by atoms with van der Waals surface area (Å²) >= 11 is 0. The van der Waals surface area contributed by atoms with Crippen molar-refractivity contribution >= 4 is 19.8 Å². The van der Waals surface area contributed by atoms with Crippen molar-refractivity contribution in [3.05, 3.63) is 36.5 Å². The fraction of sp³-hybridized carbons (Fsp3) is 0.857. The molecule has 0 radical (unpaired) electrons. The number of carbonyl (C=O) groups excluding carboxylic acids is 2. The van der Waals surface area contributed by atoms with Crippen LogP contribution in [-0.2, 0) is 32.7 Å². The van der Waals surface area contributed by atoms with E-state index in [-0.39, 0.29) is 38.6 Å². The van der Waals surface area contributed by atoms with E-state index in [1.54, 1.807) is 0 Å². The molecule has 9 nitrogen and oxygen atoms in total. The molecule has 0 aliphatic carbocycles. The summed E-state index contributed by atoms with van der Waals surface area (Å²) in [5, 5.41) is 0. The minimum absolute atomic E-state index is 0.0556. The molecule has 0 aliphatic heterocycles. The first-order chi connectivity index (χ1) is 32.3. The van der Waals surface area contributed by atoms with Crippen LogP contribution in [0.4, 0.5) is 0 Å². The second-order valence-electron chi connectivity index (χ2n) is 18.8. The average molecular weight is 952 g/mol. The molecule has 0 fully saturated rings. The monoisotopic (exact) mass is 952 g/mol. The van der Waals surface area contributed by atoms with Crippen molar-refractivity contribution in [1.82, 2.24) is 0 Å². The molecule has 0 spiro atoms. The number of phosphoric ester groups is 1. The maximum absolute atomic E-state index is 12.7. The third-order valence-corrected chi connectivity index (χ3v) is 13.3. The Morgan fingerprint density at radius 3 is 1.17 bits per heavy atom. The first-order valence-corrected chi connectivity index (χ1v) is 29.5. The first kappa shape index (κ1) is 64.2. The van der Waals surface area contributed by atoms with Gasteiger partial charge >= 0.3 is 19.8 Å². The summed E-state index contributed by atoms with van der Waals surface area (Å²) in [6.45, 7) is 3.76. The molecule has 0 heterocycles. The Kier molecular flexibility index (Phi) is 51.2. The smallest absolute Gasteiger partial charge is 0.462 e. The van der Waals surface area contributed by atoms with Gasteiger partial charge in [-0.1, -0.05) is 249 Å². The zero-order chi connectivity index (χ0) is 48.1. The highest BCUT2D eigenvalue weighted by atomic mass is 31.2. The van der Waals surface area contributed by atoms with E-state index in [1.165, 1.54) is 199 Å². The van der Waals surface area contributed by atoms with Crippen LogP contribution in [0.15, 0.2) is 36.5 Å². The quantitative estimate of drug-likeness (QED) is 0.0264.